The van der Waals surface area contributed by atoms with E-state index in [1.54, 1.807) is 32.9 Å². The lowest BCUT2D eigenvalue weighted by Crippen LogP contribution is -2.49. The summed E-state index contributed by atoms with van der Waals surface area (Å²) in [6, 6.07) is 8.98. The maximum absolute atomic E-state index is 13.3. The van der Waals surface area contributed by atoms with E-state index >= 15 is 0 Å². The van der Waals surface area contributed by atoms with Gasteiger partial charge in [-0.05, 0) is 72.7 Å². The Kier molecular flexibility index (Phi) is 9.23. The Labute approximate surface area is 245 Å². The van der Waals surface area contributed by atoms with Crippen molar-refractivity contribution in [2.75, 3.05) is 5.32 Å². The van der Waals surface area contributed by atoms with Crippen molar-refractivity contribution in [1.29, 1.82) is 0 Å². The summed E-state index contributed by atoms with van der Waals surface area (Å²) in [6.07, 6.45) is -10.1. The zero-order valence-electron chi connectivity index (χ0n) is 21.6. The molecular weight excluding hydrogens is 673 g/mol. The fourth-order valence-corrected chi connectivity index (χ4v) is 4.44. The molecule has 14 heteroatoms. The van der Waals surface area contributed by atoms with Gasteiger partial charge in [0.05, 0.1) is 17.7 Å². The number of hydrogen-bond donors (Lipinski definition) is 3. The summed E-state index contributed by atoms with van der Waals surface area (Å²) in [5.41, 5.74) is -2.63. The molecule has 0 spiro atoms. The molecule has 0 aliphatic heterocycles. The van der Waals surface area contributed by atoms with Crippen molar-refractivity contribution >= 4 is 52.7 Å². The third kappa shape index (κ3) is 7.30. The van der Waals surface area contributed by atoms with Gasteiger partial charge in [-0.3, -0.25) is 14.3 Å². The molecule has 216 valence electrons. The first-order valence-corrected chi connectivity index (χ1v) is 13.3. The molecule has 1 unspecified atom stereocenters. The van der Waals surface area contributed by atoms with Gasteiger partial charge in [-0.1, -0.05) is 25.1 Å². The van der Waals surface area contributed by atoms with E-state index in [1.807, 2.05) is 29.5 Å². The van der Waals surface area contributed by atoms with Gasteiger partial charge in [-0.25, -0.2) is 0 Å². The number of carbonyl (C=O) groups is 2. The summed E-state index contributed by atoms with van der Waals surface area (Å²) < 4.78 is 79.8. The standard InChI is InChI=1S/C26H25F6IN4O2S/c1-13-10-15(12-37-20(26(30,31)32)11-19(36-37)25(27,28)29)8-9-18(13)34-22(38)16-6-5-7-17(33)21(16)23(39)35-24(3,4)14(2)40/h5-11,14,40H,12H2,1-4H3,(H,34,38)(H,35,39). The molecule has 2 N–H and O–H groups in total. The Balaban J connectivity index is 1.87. The molecule has 40 heavy (non-hydrogen) atoms. The Bertz CT molecular complexity index is 1430. The molecule has 2 amide bonds. The van der Waals surface area contributed by atoms with E-state index in [4.69, 9.17) is 0 Å². The summed E-state index contributed by atoms with van der Waals surface area (Å²) in [5, 5.41) is 8.50. The number of alkyl halides is 6. The van der Waals surface area contributed by atoms with Crippen LogP contribution in [0.25, 0.3) is 0 Å². The third-order valence-electron chi connectivity index (χ3n) is 6.20. The van der Waals surface area contributed by atoms with E-state index in [0.717, 1.165) is 0 Å². The molecule has 0 saturated carbocycles. The first-order valence-electron chi connectivity index (χ1n) is 11.7. The molecule has 0 radical (unpaired) electrons. The van der Waals surface area contributed by atoms with Gasteiger partial charge in [-0.15, -0.1) is 0 Å². The largest absolute Gasteiger partial charge is 0.435 e. The van der Waals surface area contributed by atoms with Crippen LogP contribution in [0.4, 0.5) is 32.0 Å². The Morgan fingerprint density at radius 3 is 2.23 bits per heavy atom. The molecule has 1 aromatic heterocycles. The predicted molar refractivity (Wildman–Crippen MR) is 150 cm³/mol. The lowest BCUT2D eigenvalue weighted by Gasteiger charge is -2.30. The summed E-state index contributed by atoms with van der Waals surface area (Å²) in [5.74, 6) is -1.07. The quantitative estimate of drug-likeness (QED) is 0.142. The topological polar surface area (TPSA) is 76.0 Å². The van der Waals surface area contributed by atoms with Crippen LogP contribution in [0.1, 0.15) is 64.0 Å². The van der Waals surface area contributed by atoms with Crippen molar-refractivity contribution in [3.05, 3.63) is 79.7 Å². The zero-order chi connectivity index (χ0) is 30.2. The molecule has 1 heterocycles. The van der Waals surface area contributed by atoms with Gasteiger partial charge in [0.1, 0.15) is 5.69 Å². The number of anilines is 1. The maximum Gasteiger partial charge on any atom is 0.435 e. The van der Waals surface area contributed by atoms with Gasteiger partial charge < -0.3 is 10.6 Å². The molecule has 6 nitrogen and oxygen atoms in total. The van der Waals surface area contributed by atoms with Crippen LogP contribution in [-0.2, 0) is 18.9 Å². The van der Waals surface area contributed by atoms with Gasteiger partial charge in [0.2, 0.25) is 0 Å². The normalized spacial score (nSPS) is 13.2. The smallest absolute Gasteiger partial charge is 0.346 e. The van der Waals surface area contributed by atoms with E-state index in [2.05, 4.69) is 28.4 Å². The van der Waals surface area contributed by atoms with Gasteiger partial charge in [0.15, 0.2) is 5.69 Å². The maximum atomic E-state index is 13.3. The van der Waals surface area contributed by atoms with Crippen LogP contribution in [0.3, 0.4) is 0 Å². The van der Waals surface area contributed by atoms with Gasteiger partial charge >= 0.3 is 12.4 Å². The monoisotopic (exact) mass is 698 g/mol. The minimum absolute atomic E-state index is 0.0333. The van der Waals surface area contributed by atoms with Crippen LogP contribution in [-0.4, -0.2) is 32.4 Å². The third-order valence-corrected chi connectivity index (χ3v) is 7.74. The number of amides is 2. The number of hydrogen-bond acceptors (Lipinski definition) is 4. The van der Waals surface area contributed by atoms with Gasteiger partial charge in [0, 0.05) is 26.1 Å². The zero-order valence-corrected chi connectivity index (χ0v) is 24.7. The summed E-state index contributed by atoms with van der Waals surface area (Å²) in [4.78, 5) is 26.3. The first kappa shape index (κ1) is 31.8. The van der Waals surface area contributed by atoms with E-state index in [9.17, 15) is 35.9 Å². The Morgan fingerprint density at radius 2 is 1.68 bits per heavy atom. The van der Waals surface area contributed by atoms with Crippen LogP contribution < -0.4 is 10.6 Å². The average molecular weight is 698 g/mol. The fourth-order valence-electron chi connectivity index (χ4n) is 3.63. The lowest BCUT2D eigenvalue weighted by molar-refractivity contribution is -0.144. The first-order chi connectivity index (χ1) is 18.3. The van der Waals surface area contributed by atoms with Crippen molar-refractivity contribution in [3.8, 4) is 0 Å². The number of aryl methyl sites for hydroxylation is 1. The van der Waals surface area contributed by atoms with Crippen LogP contribution in [0.5, 0.6) is 0 Å². The minimum atomic E-state index is -5.04. The minimum Gasteiger partial charge on any atom is -0.346 e. The molecule has 2 aromatic carbocycles. The van der Waals surface area contributed by atoms with Crippen molar-refractivity contribution in [2.45, 2.75) is 57.4 Å². The van der Waals surface area contributed by atoms with E-state index in [-0.39, 0.29) is 32.7 Å². The molecule has 3 rings (SSSR count). The number of thiol groups is 1. The van der Waals surface area contributed by atoms with E-state index in [0.29, 0.717) is 14.8 Å². The molecule has 1 atom stereocenters. The van der Waals surface area contributed by atoms with E-state index in [1.165, 1.54) is 24.3 Å². The predicted octanol–water partition coefficient (Wildman–Crippen LogP) is 6.96. The van der Waals surface area contributed by atoms with Gasteiger partial charge in [0.25, 0.3) is 11.8 Å². The number of halogens is 7. The highest BCUT2D eigenvalue weighted by Gasteiger charge is 2.41. The van der Waals surface area contributed by atoms with Crippen molar-refractivity contribution < 1.29 is 35.9 Å². The molecule has 3 aromatic rings. The molecule has 0 aliphatic carbocycles. The molecule has 0 bridgehead atoms. The number of carbonyl (C=O) groups excluding carboxylic acids is 2. The Morgan fingerprint density at radius 1 is 1.02 bits per heavy atom. The summed E-state index contributed by atoms with van der Waals surface area (Å²) >= 11 is 6.35. The second-order valence-corrected chi connectivity index (χ2v) is 11.6. The molecule has 0 aliphatic rings. The highest BCUT2D eigenvalue weighted by molar-refractivity contribution is 14.1. The number of nitrogens with zero attached hydrogens (tertiary/aromatic N) is 2. The summed E-state index contributed by atoms with van der Waals surface area (Å²) in [7, 11) is 0. The number of benzene rings is 2. The van der Waals surface area contributed by atoms with Crippen molar-refractivity contribution in [1.82, 2.24) is 15.1 Å². The van der Waals surface area contributed by atoms with Crippen LogP contribution in [0, 0.1) is 10.5 Å². The molecular formula is C26H25F6IN4O2S. The molecule has 0 saturated heterocycles. The number of nitrogens with one attached hydrogen (secondary N) is 2. The SMILES string of the molecule is Cc1cc(Cn2nc(C(F)(F)F)cc2C(F)(F)F)ccc1NC(=O)c1cccc(I)c1C(=O)NC(C)(C)C(C)S. The van der Waals surface area contributed by atoms with Crippen molar-refractivity contribution in [2.24, 2.45) is 0 Å². The Hall–Kier alpha value is -2.75. The van der Waals surface area contributed by atoms with Gasteiger partial charge in [-0.2, -0.15) is 44.1 Å². The van der Waals surface area contributed by atoms with Crippen LogP contribution in [0.2, 0.25) is 0 Å². The number of rotatable bonds is 7. The lowest BCUT2D eigenvalue weighted by atomic mass is 9.99. The van der Waals surface area contributed by atoms with Crippen molar-refractivity contribution in [3.63, 3.8) is 0 Å². The highest BCUT2D eigenvalue weighted by Crippen LogP contribution is 2.35. The summed E-state index contributed by atoms with van der Waals surface area (Å²) in [6.45, 7) is 6.42. The number of aromatic nitrogens is 2. The van der Waals surface area contributed by atoms with E-state index < -0.39 is 47.6 Å². The van der Waals surface area contributed by atoms with Crippen LogP contribution >= 0.6 is 35.2 Å². The van der Waals surface area contributed by atoms with Crippen LogP contribution in [0.15, 0.2) is 42.5 Å². The molecule has 0 fully saturated rings. The average Bonchev–Trinajstić information content (AvgIpc) is 3.25. The highest BCUT2D eigenvalue weighted by atomic mass is 127. The second-order valence-electron chi connectivity index (χ2n) is 9.69. The fraction of sp³-hybridized carbons (Fsp3) is 0.346. The second kappa shape index (κ2) is 11.6.